The molecule has 0 spiro atoms. The van der Waals surface area contributed by atoms with Gasteiger partial charge in [0, 0.05) is 18.7 Å². The maximum atomic E-state index is 12.4. The van der Waals surface area contributed by atoms with Gasteiger partial charge in [-0.25, -0.2) is 0 Å². The molecule has 1 aliphatic rings. The standard InChI is InChI=1S/C17H16ClNO2/c1-21-17-7-6-12(8-15(17)18)16(20)11-19-9-13-4-2-3-5-14(13)10-19/h2-8H,9-11H2,1H3. The second-order valence-electron chi connectivity index (χ2n) is 5.19. The molecule has 0 radical (unpaired) electrons. The van der Waals surface area contributed by atoms with Gasteiger partial charge < -0.3 is 4.74 Å². The lowest BCUT2D eigenvalue weighted by molar-refractivity contribution is 0.0929. The first kappa shape index (κ1) is 14.1. The molecule has 1 heterocycles. The van der Waals surface area contributed by atoms with E-state index in [0.717, 1.165) is 13.1 Å². The van der Waals surface area contributed by atoms with E-state index in [0.29, 0.717) is 22.9 Å². The number of ketones is 1. The molecular formula is C17H16ClNO2. The smallest absolute Gasteiger partial charge is 0.176 e. The zero-order valence-corrected chi connectivity index (χ0v) is 12.6. The highest BCUT2D eigenvalue weighted by Gasteiger charge is 2.21. The Kier molecular flexibility index (Phi) is 3.95. The van der Waals surface area contributed by atoms with Crippen LogP contribution in [0.25, 0.3) is 0 Å². The summed E-state index contributed by atoms with van der Waals surface area (Å²) in [4.78, 5) is 14.5. The number of nitrogens with zero attached hydrogens (tertiary/aromatic N) is 1. The predicted molar refractivity (Wildman–Crippen MR) is 82.9 cm³/mol. The zero-order chi connectivity index (χ0) is 14.8. The van der Waals surface area contributed by atoms with Crippen LogP contribution in [-0.2, 0) is 13.1 Å². The summed E-state index contributed by atoms with van der Waals surface area (Å²) in [6, 6.07) is 13.5. The first-order valence-corrected chi connectivity index (χ1v) is 7.21. The molecule has 1 aliphatic heterocycles. The number of ether oxygens (including phenoxy) is 1. The third kappa shape index (κ3) is 2.94. The summed E-state index contributed by atoms with van der Waals surface area (Å²) >= 11 is 6.07. The van der Waals surface area contributed by atoms with Gasteiger partial charge in [-0.15, -0.1) is 0 Å². The first-order chi connectivity index (χ1) is 10.2. The Labute approximate surface area is 129 Å². The van der Waals surface area contributed by atoms with Crippen LogP contribution in [-0.4, -0.2) is 24.3 Å². The fourth-order valence-electron chi connectivity index (χ4n) is 2.65. The van der Waals surface area contributed by atoms with Crippen LogP contribution in [0.4, 0.5) is 0 Å². The van der Waals surface area contributed by atoms with Crippen LogP contribution in [0.2, 0.25) is 5.02 Å². The molecule has 2 aromatic rings. The van der Waals surface area contributed by atoms with Gasteiger partial charge in [0.1, 0.15) is 5.75 Å². The largest absolute Gasteiger partial charge is 0.495 e. The predicted octanol–water partition coefficient (Wildman–Crippen LogP) is 3.55. The van der Waals surface area contributed by atoms with Crippen molar-refractivity contribution < 1.29 is 9.53 Å². The Balaban J connectivity index is 1.69. The third-order valence-electron chi connectivity index (χ3n) is 3.75. The lowest BCUT2D eigenvalue weighted by Crippen LogP contribution is -2.24. The Bertz CT molecular complexity index is 659. The summed E-state index contributed by atoms with van der Waals surface area (Å²) in [6.07, 6.45) is 0. The van der Waals surface area contributed by atoms with Crippen LogP contribution in [0, 0.1) is 0 Å². The van der Waals surface area contributed by atoms with E-state index in [9.17, 15) is 4.79 Å². The molecule has 3 rings (SSSR count). The number of carbonyl (C=O) groups is 1. The second-order valence-corrected chi connectivity index (χ2v) is 5.59. The molecule has 0 fully saturated rings. The number of halogens is 1. The number of hydrogen-bond acceptors (Lipinski definition) is 3. The van der Waals surface area contributed by atoms with Gasteiger partial charge in [0.05, 0.1) is 18.7 Å². The fraction of sp³-hybridized carbons (Fsp3) is 0.235. The van der Waals surface area contributed by atoms with Crippen molar-refractivity contribution in [1.29, 1.82) is 0 Å². The monoisotopic (exact) mass is 301 g/mol. The number of carbonyl (C=O) groups excluding carboxylic acids is 1. The molecule has 0 bridgehead atoms. The van der Waals surface area contributed by atoms with E-state index in [1.54, 1.807) is 25.3 Å². The van der Waals surface area contributed by atoms with E-state index in [4.69, 9.17) is 16.3 Å². The molecule has 0 aromatic heterocycles. The molecule has 0 N–H and O–H groups in total. The van der Waals surface area contributed by atoms with Crippen molar-refractivity contribution in [2.45, 2.75) is 13.1 Å². The minimum atomic E-state index is 0.0763. The van der Waals surface area contributed by atoms with Crippen LogP contribution in [0.1, 0.15) is 21.5 Å². The molecule has 0 saturated carbocycles. The number of benzene rings is 2. The van der Waals surface area contributed by atoms with Gasteiger partial charge in [-0.3, -0.25) is 9.69 Å². The van der Waals surface area contributed by atoms with Gasteiger partial charge in [0.2, 0.25) is 0 Å². The summed E-state index contributed by atoms with van der Waals surface area (Å²) in [6.45, 7) is 2.05. The van der Waals surface area contributed by atoms with Crippen LogP contribution in [0.3, 0.4) is 0 Å². The lowest BCUT2D eigenvalue weighted by atomic mass is 10.1. The van der Waals surface area contributed by atoms with E-state index < -0.39 is 0 Å². The molecule has 0 saturated heterocycles. The van der Waals surface area contributed by atoms with Gasteiger partial charge in [0.15, 0.2) is 5.78 Å². The van der Waals surface area contributed by atoms with Crippen LogP contribution in [0.15, 0.2) is 42.5 Å². The highest BCUT2D eigenvalue weighted by atomic mass is 35.5. The molecular weight excluding hydrogens is 286 g/mol. The molecule has 0 aliphatic carbocycles. The van der Waals surface area contributed by atoms with Crippen LogP contribution >= 0.6 is 11.6 Å². The molecule has 0 atom stereocenters. The summed E-state index contributed by atoms with van der Waals surface area (Å²) in [5.41, 5.74) is 3.23. The molecule has 108 valence electrons. The number of fused-ring (bicyclic) bond motifs is 1. The highest BCUT2D eigenvalue weighted by Crippen LogP contribution is 2.26. The average molecular weight is 302 g/mol. The molecule has 2 aromatic carbocycles. The Hall–Kier alpha value is -1.84. The van der Waals surface area contributed by atoms with Crippen molar-refractivity contribution in [1.82, 2.24) is 4.90 Å². The van der Waals surface area contributed by atoms with Crippen molar-refractivity contribution in [2.24, 2.45) is 0 Å². The van der Waals surface area contributed by atoms with Gasteiger partial charge in [-0.1, -0.05) is 35.9 Å². The molecule has 4 heteroatoms. The Morgan fingerprint density at radius 1 is 1.19 bits per heavy atom. The topological polar surface area (TPSA) is 29.5 Å². The number of hydrogen-bond donors (Lipinski definition) is 0. The van der Waals surface area contributed by atoms with Crippen molar-refractivity contribution in [3.05, 3.63) is 64.2 Å². The van der Waals surface area contributed by atoms with Crippen LogP contribution in [0.5, 0.6) is 5.75 Å². The fourth-order valence-corrected chi connectivity index (χ4v) is 2.91. The summed E-state index contributed by atoms with van der Waals surface area (Å²) in [5, 5.41) is 0.466. The minimum absolute atomic E-state index is 0.0763. The Morgan fingerprint density at radius 2 is 1.86 bits per heavy atom. The average Bonchev–Trinajstić information content (AvgIpc) is 2.89. The van der Waals surface area contributed by atoms with Crippen molar-refractivity contribution in [3.63, 3.8) is 0 Å². The maximum Gasteiger partial charge on any atom is 0.176 e. The van der Waals surface area contributed by atoms with Crippen molar-refractivity contribution in [2.75, 3.05) is 13.7 Å². The second kappa shape index (κ2) is 5.88. The summed E-state index contributed by atoms with van der Waals surface area (Å²) in [5.74, 6) is 0.661. The van der Waals surface area contributed by atoms with Gasteiger partial charge in [-0.2, -0.15) is 0 Å². The lowest BCUT2D eigenvalue weighted by Gasteiger charge is -2.14. The van der Waals surface area contributed by atoms with Gasteiger partial charge in [-0.05, 0) is 29.3 Å². The quantitative estimate of drug-likeness (QED) is 0.809. The molecule has 3 nitrogen and oxygen atoms in total. The van der Waals surface area contributed by atoms with E-state index in [-0.39, 0.29) is 5.78 Å². The number of rotatable bonds is 4. The SMILES string of the molecule is COc1ccc(C(=O)CN2Cc3ccccc3C2)cc1Cl. The first-order valence-electron chi connectivity index (χ1n) is 6.83. The van der Waals surface area contributed by atoms with E-state index in [1.165, 1.54) is 11.1 Å². The number of Topliss-reactive ketones (excluding diaryl/α,β-unsaturated/α-hetero) is 1. The summed E-state index contributed by atoms with van der Waals surface area (Å²) < 4.78 is 5.10. The third-order valence-corrected chi connectivity index (χ3v) is 4.04. The molecule has 21 heavy (non-hydrogen) atoms. The highest BCUT2D eigenvalue weighted by molar-refractivity contribution is 6.32. The molecule has 0 unspecified atom stereocenters. The molecule has 0 amide bonds. The van der Waals surface area contributed by atoms with Gasteiger partial charge >= 0.3 is 0 Å². The van der Waals surface area contributed by atoms with Crippen LogP contribution < -0.4 is 4.74 Å². The Morgan fingerprint density at radius 3 is 2.43 bits per heavy atom. The summed E-state index contributed by atoms with van der Waals surface area (Å²) in [7, 11) is 1.56. The van der Waals surface area contributed by atoms with Gasteiger partial charge in [0.25, 0.3) is 0 Å². The van der Waals surface area contributed by atoms with Crippen molar-refractivity contribution >= 4 is 17.4 Å². The minimum Gasteiger partial charge on any atom is -0.495 e. The number of methoxy groups -OCH3 is 1. The normalized spacial score (nSPS) is 14.0. The van der Waals surface area contributed by atoms with E-state index in [1.807, 2.05) is 12.1 Å². The maximum absolute atomic E-state index is 12.4. The van der Waals surface area contributed by atoms with E-state index >= 15 is 0 Å². The zero-order valence-electron chi connectivity index (χ0n) is 11.8. The van der Waals surface area contributed by atoms with E-state index in [2.05, 4.69) is 17.0 Å². The van der Waals surface area contributed by atoms with Crippen molar-refractivity contribution in [3.8, 4) is 5.75 Å².